The summed E-state index contributed by atoms with van der Waals surface area (Å²) < 4.78 is 25.3. The Labute approximate surface area is 83.5 Å². The van der Waals surface area contributed by atoms with Crippen LogP contribution in [0.25, 0.3) is 0 Å². The molecule has 0 spiro atoms. The van der Waals surface area contributed by atoms with Gasteiger partial charge in [0.15, 0.2) is 0 Å². The minimum atomic E-state index is -2.63. The Bertz CT molecular complexity index is 234. The maximum absolute atomic E-state index is 12.3. The van der Waals surface area contributed by atoms with E-state index in [9.17, 15) is 13.6 Å². The summed E-state index contributed by atoms with van der Waals surface area (Å²) in [4.78, 5) is 11.1. The van der Waals surface area contributed by atoms with Crippen molar-refractivity contribution in [3.05, 3.63) is 11.1 Å². The lowest BCUT2D eigenvalue weighted by molar-refractivity contribution is -0.149. The second-order valence-electron chi connectivity index (χ2n) is 3.20. The molecule has 0 aromatic rings. The van der Waals surface area contributed by atoms with Crippen LogP contribution in [0.2, 0.25) is 0 Å². The van der Waals surface area contributed by atoms with Gasteiger partial charge in [0.1, 0.15) is 0 Å². The monoisotopic (exact) mass is 253 g/mol. The highest BCUT2D eigenvalue weighted by atomic mass is 79.9. The summed E-state index contributed by atoms with van der Waals surface area (Å²) in [6.07, 6.45) is -0.652. The summed E-state index contributed by atoms with van der Waals surface area (Å²) >= 11 is 3.06. The van der Waals surface area contributed by atoms with E-state index in [1.165, 1.54) is 0 Å². The quantitative estimate of drug-likeness (QED) is 0.820. The zero-order valence-corrected chi connectivity index (χ0v) is 8.53. The molecule has 0 atom stereocenters. The molecule has 0 aromatic heterocycles. The van der Waals surface area contributed by atoms with E-state index in [1.807, 2.05) is 0 Å². The topological polar surface area (TPSA) is 29.1 Å². The van der Waals surface area contributed by atoms with Gasteiger partial charge in [0.2, 0.25) is 11.8 Å². The molecule has 1 N–H and O–H groups in total. The van der Waals surface area contributed by atoms with Gasteiger partial charge in [-0.3, -0.25) is 4.79 Å². The molecule has 0 bridgehead atoms. The number of rotatable bonds is 3. The maximum Gasteiger partial charge on any atom is 0.249 e. The number of nitrogens with one attached hydrogen (secondary N) is 1. The second-order valence-corrected chi connectivity index (χ2v) is 4.32. The third-order valence-corrected chi connectivity index (χ3v) is 2.20. The van der Waals surface area contributed by atoms with Gasteiger partial charge in [0.05, 0.1) is 0 Å². The van der Waals surface area contributed by atoms with Gasteiger partial charge in [0.25, 0.3) is 0 Å². The normalized spacial score (nSPS) is 20.5. The Morgan fingerprint density at radius 3 is 2.54 bits per heavy atom. The highest BCUT2D eigenvalue weighted by Gasteiger charge is 2.48. The third-order valence-electron chi connectivity index (χ3n) is 1.92. The molecule has 0 aliphatic heterocycles. The highest BCUT2D eigenvalue weighted by molar-refractivity contribution is 9.11. The average Bonchev–Trinajstić information content (AvgIpc) is 1.95. The van der Waals surface area contributed by atoms with Crippen LogP contribution in [0.4, 0.5) is 8.78 Å². The first kappa shape index (κ1) is 10.6. The van der Waals surface area contributed by atoms with E-state index < -0.39 is 11.8 Å². The van der Waals surface area contributed by atoms with E-state index in [0.717, 1.165) is 0 Å². The fraction of sp³-hybridized carbons (Fsp3) is 0.625. The Hall–Kier alpha value is -0.450. The number of halogens is 3. The lowest BCUT2D eigenvalue weighted by Crippen LogP contribution is -2.45. The molecule has 74 valence electrons. The molecule has 1 rings (SSSR count). The van der Waals surface area contributed by atoms with Crippen molar-refractivity contribution < 1.29 is 13.6 Å². The molecule has 0 heterocycles. The molecule has 1 aliphatic carbocycles. The molecule has 0 radical (unpaired) electrons. The van der Waals surface area contributed by atoms with Crippen LogP contribution < -0.4 is 5.32 Å². The van der Waals surface area contributed by atoms with Crippen molar-refractivity contribution in [2.75, 3.05) is 6.54 Å². The summed E-state index contributed by atoms with van der Waals surface area (Å²) in [6, 6.07) is 0. The summed E-state index contributed by atoms with van der Waals surface area (Å²) in [5.41, 5.74) is 0. The van der Waals surface area contributed by atoms with E-state index >= 15 is 0 Å². The molecule has 0 saturated heterocycles. The number of alkyl halides is 2. The van der Waals surface area contributed by atoms with E-state index in [0.29, 0.717) is 11.0 Å². The molecular formula is C8H10BrF2NO. The van der Waals surface area contributed by atoms with Gasteiger partial charge >= 0.3 is 0 Å². The van der Waals surface area contributed by atoms with Gasteiger partial charge in [-0.25, -0.2) is 8.78 Å². The molecule has 1 saturated carbocycles. The van der Waals surface area contributed by atoms with Gasteiger partial charge in [-0.05, 0) is 0 Å². The third kappa shape index (κ3) is 3.06. The SMILES string of the molecule is C=C(Br)CNC(=O)C1CC(F)(F)C1. The minimum absolute atomic E-state index is 0.293. The van der Waals surface area contributed by atoms with Gasteiger partial charge in [-0.1, -0.05) is 22.5 Å². The van der Waals surface area contributed by atoms with Gasteiger partial charge in [-0.2, -0.15) is 0 Å². The molecule has 5 heteroatoms. The number of amides is 1. The first-order valence-corrected chi connectivity index (χ1v) is 4.69. The van der Waals surface area contributed by atoms with Crippen molar-refractivity contribution in [3.63, 3.8) is 0 Å². The number of carbonyl (C=O) groups excluding carboxylic acids is 1. The molecule has 1 fully saturated rings. The lowest BCUT2D eigenvalue weighted by Gasteiger charge is -2.33. The minimum Gasteiger partial charge on any atom is -0.351 e. The summed E-state index contributed by atoms with van der Waals surface area (Å²) in [6.45, 7) is 3.81. The standard InChI is InChI=1S/C8H10BrF2NO/c1-5(9)4-12-7(13)6-2-8(10,11)3-6/h6H,1-4H2,(H,12,13). The Morgan fingerprint density at radius 1 is 1.62 bits per heavy atom. The zero-order chi connectivity index (χ0) is 10.1. The van der Waals surface area contributed by atoms with Crippen molar-refractivity contribution in [2.45, 2.75) is 18.8 Å². The van der Waals surface area contributed by atoms with Crippen LogP contribution in [0.3, 0.4) is 0 Å². The number of hydrogen-bond acceptors (Lipinski definition) is 1. The number of carbonyl (C=O) groups is 1. The van der Waals surface area contributed by atoms with Crippen LogP contribution in [-0.4, -0.2) is 18.4 Å². The Balaban J connectivity index is 2.23. The van der Waals surface area contributed by atoms with Crippen LogP contribution in [0.5, 0.6) is 0 Å². The van der Waals surface area contributed by atoms with Crippen LogP contribution >= 0.6 is 15.9 Å². The van der Waals surface area contributed by atoms with Crippen LogP contribution in [-0.2, 0) is 4.79 Å². The van der Waals surface area contributed by atoms with Gasteiger partial charge < -0.3 is 5.32 Å². The molecule has 1 amide bonds. The maximum atomic E-state index is 12.3. The Kier molecular flexibility index (Phi) is 3.05. The summed E-state index contributed by atoms with van der Waals surface area (Å²) in [5, 5.41) is 2.50. The van der Waals surface area contributed by atoms with Gasteiger partial charge in [-0.15, -0.1) is 0 Å². The van der Waals surface area contributed by atoms with Crippen LogP contribution in [0.1, 0.15) is 12.8 Å². The van der Waals surface area contributed by atoms with Crippen LogP contribution in [0, 0.1) is 5.92 Å². The lowest BCUT2D eigenvalue weighted by atomic mass is 9.81. The van der Waals surface area contributed by atoms with Crippen molar-refractivity contribution >= 4 is 21.8 Å². The highest BCUT2D eigenvalue weighted by Crippen LogP contribution is 2.42. The van der Waals surface area contributed by atoms with E-state index in [1.54, 1.807) is 0 Å². The van der Waals surface area contributed by atoms with Crippen molar-refractivity contribution in [3.8, 4) is 0 Å². The molecule has 0 aromatic carbocycles. The fourth-order valence-corrected chi connectivity index (χ4v) is 1.31. The van der Waals surface area contributed by atoms with Crippen molar-refractivity contribution in [1.82, 2.24) is 5.32 Å². The molecule has 2 nitrogen and oxygen atoms in total. The smallest absolute Gasteiger partial charge is 0.249 e. The van der Waals surface area contributed by atoms with Crippen molar-refractivity contribution in [2.24, 2.45) is 5.92 Å². The molecule has 1 aliphatic rings. The molecule has 13 heavy (non-hydrogen) atoms. The zero-order valence-electron chi connectivity index (χ0n) is 6.95. The van der Waals surface area contributed by atoms with Crippen molar-refractivity contribution in [1.29, 1.82) is 0 Å². The second kappa shape index (κ2) is 3.74. The molecule has 0 unspecified atom stereocenters. The van der Waals surface area contributed by atoms with Crippen LogP contribution in [0.15, 0.2) is 11.1 Å². The van der Waals surface area contributed by atoms with E-state index in [-0.39, 0.29) is 18.7 Å². The fourth-order valence-electron chi connectivity index (χ4n) is 1.17. The summed E-state index contributed by atoms with van der Waals surface area (Å²) in [5.74, 6) is -3.47. The van der Waals surface area contributed by atoms with Gasteiger partial charge in [0, 0.05) is 29.8 Å². The predicted octanol–water partition coefficient (Wildman–Crippen LogP) is 2.06. The average molecular weight is 254 g/mol. The largest absolute Gasteiger partial charge is 0.351 e. The predicted molar refractivity (Wildman–Crippen MR) is 48.7 cm³/mol. The first-order valence-electron chi connectivity index (χ1n) is 3.89. The molecular weight excluding hydrogens is 244 g/mol. The van der Waals surface area contributed by atoms with E-state index in [2.05, 4.69) is 27.8 Å². The summed E-state index contributed by atoms with van der Waals surface area (Å²) in [7, 11) is 0. The van der Waals surface area contributed by atoms with E-state index in [4.69, 9.17) is 0 Å². The first-order chi connectivity index (χ1) is 5.91. The number of hydrogen-bond donors (Lipinski definition) is 1. The Morgan fingerprint density at radius 2 is 2.15 bits per heavy atom.